The molecule has 0 aliphatic carbocycles. The van der Waals surface area contributed by atoms with Crippen molar-refractivity contribution >= 4 is 9.39 Å². The van der Waals surface area contributed by atoms with Crippen molar-refractivity contribution in [3.8, 4) is 0 Å². The largest absolute Gasteiger partial charge is 0.372 e. The van der Waals surface area contributed by atoms with Gasteiger partial charge < -0.3 is 9.99 Å². The Morgan fingerprint density at radius 2 is 2.30 bits per heavy atom. The highest BCUT2D eigenvalue weighted by Crippen LogP contribution is 1.99. The fraction of sp³-hybridized carbons (Fsp3) is 0.714. The van der Waals surface area contributed by atoms with Crippen molar-refractivity contribution in [1.29, 1.82) is 0 Å². The van der Waals surface area contributed by atoms with Gasteiger partial charge >= 0.3 is 0 Å². The highest BCUT2D eigenvalue weighted by molar-refractivity contribution is 7.13. The van der Waals surface area contributed by atoms with Gasteiger partial charge in [0.1, 0.15) is 0 Å². The molecule has 2 nitrogen and oxygen atoms in total. The Labute approximate surface area is 65.9 Å². The number of unbranched alkanes of at least 4 members (excludes halogenated alkanes) is 1. The summed E-state index contributed by atoms with van der Waals surface area (Å²) in [4.78, 5) is 0. The predicted octanol–water partition coefficient (Wildman–Crippen LogP) is 1.57. The van der Waals surface area contributed by atoms with E-state index in [4.69, 9.17) is 0 Å². The summed E-state index contributed by atoms with van der Waals surface area (Å²) in [6, 6.07) is 0. The minimum atomic E-state index is 0.957. The third kappa shape index (κ3) is 4.63. The summed E-state index contributed by atoms with van der Waals surface area (Å²) in [7, 11) is 4.50. The average Bonchev–Trinajstić information content (AvgIpc) is 1.88. The molecule has 60 valence electrons. The lowest BCUT2D eigenvalue weighted by atomic mass is 10.3. The van der Waals surface area contributed by atoms with Crippen molar-refractivity contribution in [2.75, 3.05) is 13.6 Å². The zero-order valence-electron chi connectivity index (χ0n) is 6.85. The Kier molecular flexibility index (Phi) is 5.42. The molecule has 0 radical (unpaired) electrons. The van der Waals surface area contributed by atoms with E-state index in [1.807, 2.05) is 11.7 Å². The summed E-state index contributed by atoms with van der Waals surface area (Å²) in [6.07, 6.45) is 2.43. The van der Waals surface area contributed by atoms with Crippen LogP contribution in [-0.4, -0.2) is 18.3 Å². The van der Waals surface area contributed by atoms with E-state index >= 15 is 0 Å². The normalized spacial score (nSPS) is 9.10. The lowest BCUT2D eigenvalue weighted by Crippen LogP contribution is -2.21. The second kappa shape index (κ2) is 5.55. The molecule has 3 heteroatoms. The molecule has 0 aromatic rings. The molecule has 0 aromatic carbocycles. The second-order valence-corrected chi connectivity index (χ2v) is 3.11. The zero-order chi connectivity index (χ0) is 7.98. The lowest BCUT2D eigenvalue weighted by molar-refractivity contribution is 0.585. The van der Waals surface area contributed by atoms with Crippen LogP contribution in [0.3, 0.4) is 0 Å². The third-order valence-electron chi connectivity index (χ3n) is 1.29. The summed E-state index contributed by atoms with van der Waals surface area (Å²) >= 11 is 0. The molecule has 0 rings (SSSR count). The molecule has 1 atom stereocenters. The summed E-state index contributed by atoms with van der Waals surface area (Å²) in [5, 5.41) is 3.19. The first kappa shape index (κ1) is 9.77. The van der Waals surface area contributed by atoms with Gasteiger partial charge in [0.15, 0.2) is 0 Å². The highest BCUT2D eigenvalue weighted by atomic mass is 31.0. The van der Waals surface area contributed by atoms with Crippen LogP contribution >= 0.6 is 9.39 Å². The molecule has 1 unspecified atom stereocenters. The maximum atomic E-state index is 3.82. The van der Waals surface area contributed by atoms with Gasteiger partial charge in [-0.3, -0.25) is 0 Å². The summed E-state index contributed by atoms with van der Waals surface area (Å²) in [5.41, 5.74) is 0. The molecule has 0 bridgehead atoms. The standard InChI is InChI=1S/C7H17N2P/c1-4-5-6-8-7(2)9(3)10/h8H,2,4-6,10H2,1,3H3. The summed E-state index contributed by atoms with van der Waals surface area (Å²) < 4.78 is 1.90. The van der Waals surface area contributed by atoms with E-state index in [1.165, 1.54) is 12.8 Å². The van der Waals surface area contributed by atoms with E-state index in [-0.39, 0.29) is 0 Å². The van der Waals surface area contributed by atoms with Crippen LogP contribution in [0.4, 0.5) is 0 Å². The van der Waals surface area contributed by atoms with Crippen molar-refractivity contribution in [3.63, 3.8) is 0 Å². The van der Waals surface area contributed by atoms with Crippen LogP contribution in [0.2, 0.25) is 0 Å². The minimum absolute atomic E-state index is 0.957. The summed E-state index contributed by atoms with van der Waals surface area (Å²) in [6.45, 7) is 7.02. The van der Waals surface area contributed by atoms with Crippen molar-refractivity contribution in [1.82, 2.24) is 9.99 Å². The van der Waals surface area contributed by atoms with E-state index < -0.39 is 0 Å². The van der Waals surface area contributed by atoms with E-state index in [9.17, 15) is 0 Å². The molecule has 0 amide bonds. The van der Waals surface area contributed by atoms with E-state index in [1.54, 1.807) is 0 Å². The minimum Gasteiger partial charge on any atom is -0.372 e. The van der Waals surface area contributed by atoms with Crippen LogP contribution in [0.1, 0.15) is 19.8 Å². The van der Waals surface area contributed by atoms with Gasteiger partial charge in [0, 0.05) is 13.6 Å². The zero-order valence-corrected chi connectivity index (χ0v) is 8.01. The predicted molar refractivity (Wildman–Crippen MR) is 49.5 cm³/mol. The van der Waals surface area contributed by atoms with Crippen molar-refractivity contribution < 1.29 is 0 Å². The number of hydrogen-bond acceptors (Lipinski definition) is 2. The monoisotopic (exact) mass is 160 g/mol. The molecule has 1 N–H and O–H groups in total. The SMILES string of the molecule is C=C(NCCCC)N(C)P. The van der Waals surface area contributed by atoms with E-state index in [0.29, 0.717) is 0 Å². The van der Waals surface area contributed by atoms with Crippen LogP contribution in [0, 0.1) is 0 Å². The highest BCUT2D eigenvalue weighted by Gasteiger charge is 1.91. The first-order valence-corrected chi connectivity index (χ1v) is 4.11. The molecule has 0 aliphatic heterocycles. The van der Waals surface area contributed by atoms with Crippen LogP contribution in [0.15, 0.2) is 12.4 Å². The van der Waals surface area contributed by atoms with Crippen molar-refractivity contribution in [3.05, 3.63) is 12.4 Å². The summed E-state index contributed by atoms with van der Waals surface area (Å²) in [5.74, 6) is 0.957. The lowest BCUT2D eigenvalue weighted by Gasteiger charge is -2.16. The van der Waals surface area contributed by atoms with Gasteiger partial charge in [-0.15, -0.1) is 0 Å². The number of nitrogens with zero attached hydrogens (tertiary/aromatic N) is 1. The van der Waals surface area contributed by atoms with Crippen molar-refractivity contribution in [2.24, 2.45) is 0 Å². The fourth-order valence-electron chi connectivity index (χ4n) is 0.534. The Morgan fingerprint density at radius 3 is 2.70 bits per heavy atom. The topological polar surface area (TPSA) is 15.3 Å². The van der Waals surface area contributed by atoms with E-state index in [2.05, 4.69) is 28.2 Å². The van der Waals surface area contributed by atoms with Gasteiger partial charge in [-0.05, 0) is 15.8 Å². The quantitative estimate of drug-likeness (QED) is 0.485. The van der Waals surface area contributed by atoms with Gasteiger partial charge in [0.05, 0.1) is 5.82 Å². The van der Waals surface area contributed by atoms with Crippen LogP contribution in [0.5, 0.6) is 0 Å². The van der Waals surface area contributed by atoms with Crippen molar-refractivity contribution in [2.45, 2.75) is 19.8 Å². The molecule has 0 aliphatic rings. The number of nitrogens with one attached hydrogen (secondary N) is 1. The van der Waals surface area contributed by atoms with Crippen LogP contribution < -0.4 is 5.32 Å². The van der Waals surface area contributed by atoms with Gasteiger partial charge in [-0.2, -0.15) is 0 Å². The number of rotatable bonds is 5. The Hall–Kier alpha value is -0.230. The Balaban J connectivity index is 3.22. The molecule has 0 spiro atoms. The van der Waals surface area contributed by atoms with Gasteiger partial charge in [0.2, 0.25) is 0 Å². The molecule has 0 fully saturated rings. The first-order valence-electron chi connectivity index (χ1n) is 3.59. The molecular formula is C7H17N2P. The second-order valence-electron chi connectivity index (χ2n) is 2.34. The first-order chi connectivity index (χ1) is 4.68. The Morgan fingerprint density at radius 1 is 1.70 bits per heavy atom. The van der Waals surface area contributed by atoms with Crippen LogP contribution in [-0.2, 0) is 0 Å². The average molecular weight is 160 g/mol. The third-order valence-corrected chi connectivity index (χ3v) is 1.60. The molecule has 0 saturated heterocycles. The molecule has 10 heavy (non-hydrogen) atoms. The smallest absolute Gasteiger partial charge is 0.0965 e. The fourth-order valence-corrected chi connectivity index (χ4v) is 0.625. The van der Waals surface area contributed by atoms with Gasteiger partial charge in [0.25, 0.3) is 0 Å². The molecule has 0 aromatic heterocycles. The molecular weight excluding hydrogens is 143 g/mol. The Bertz CT molecular complexity index is 102. The van der Waals surface area contributed by atoms with Crippen LogP contribution in [0.25, 0.3) is 0 Å². The number of hydrogen-bond donors (Lipinski definition) is 1. The van der Waals surface area contributed by atoms with Gasteiger partial charge in [-0.1, -0.05) is 19.9 Å². The maximum absolute atomic E-state index is 3.82. The van der Waals surface area contributed by atoms with Gasteiger partial charge in [-0.25, -0.2) is 0 Å². The molecule has 0 heterocycles. The molecule has 0 saturated carbocycles. The van der Waals surface area contributed by atoms with E-state index in [0.717, 1.165) is 12.4 Å². The maximum Gasteiger partial charge on any atom is 0.0965 e.